The van der Waals surface area contributed by atoms with E-state index >= 15 is 0 Å². The van der Waals surface area contributed by atoms with Crippen LogP contribution in [0.15, 0.2) is 24.3 Å². The Balaban J connectivity index is 1.67. The minimum atomic E-state index is -1.05. The van der Waals surface area contributed by atoms with Crippen molar-refractivity contribution in [1.29, 1.82) is 0 Å². The fourth-order valence-electron chi connectivity index (χ4n) is 6.33. The summed E-state index contributed by atoms with van der Waals surface area (Å²) in [6.45, 7) is 3.86. The van der Waals surface area contributed by atoms with E-state index in [1.54, 1.807) is 6.92 Å². The number of likely N-dealkylation sites (tertiary alicyclic amines) is 1. The maximum absolute atomic E-state index is 12.1. The number of ketones is 1. The first-order valence-electron chi connectivity index (χ1n) is 14.1. The Morgan fingerprint density at radius 1 is 1.19 bits per heavy atom. The number of carbonyl (C=O) groups is 1. The van der Waals surface area contributed by atoms with E-state index in [0.717, 1.165) is 56.7 Å². The number of hydrogen-bond acceptors (Lipinski definition) is 6. The first kappa shape index (κ1) is 29.5. The van der Waals surface area contributed by atoms with Crippen LogP contribution in [0.25, 0.3) is 0 Å². The molecule has 4 N–H and O–H groups in total. The van der Waals surface area contributed by atoms with Crippen LogP contribution in [0.4, 0.5) is 0 Å². The molecule has 1 aromatic rings. The van der Waals surface area contributed by atoms with Gasteiger partial charge in [-0.1, -0.05) is 55.8 Å². The van der Waals surface area contributed by atoms with Gasteiger partial charge < -0.3 is 20.3 Å². The monoisotopic (exact) mass is 521 g/mol. The summed E-state index contributed by atoms with van der Waals surface area (Å²) in [6.07, 6.45) is 11.4. The number of unbranched alkanes of at least 4 members (excludes halogenated alkanes) is 1. The average Bonchev–Trinajstić information content (AvgIpc) is 2.87. The molecule has 0 spiro atoms. The van der Waals surface area contributed by atoms with Gasteiger partial charge in [0.15, 0.2) is 6.35 Å². The Labute approximate surface area is 223 Å². The lowest BCUT2D eigenvalue weighted by molar-refractivity contribution is -0.117. The highest BCUT2D eigenvalue weighted by Gasteiger charge is 2.41. The van der Waals surface area contributed by atoms with E-state index in [0.29, 0.717) is 24.4 Å². The third-order valence-electron chi connectivity index (χ3n) is 8.31. The molecule has 0 radical (unpaired) electrons. The Bertz CT molecular complexity index is 804. The molecule has 4 atom stereocenters. The van der Waals surface area contributed by atoms with Crippen molar-refractivity contribution in [3.05, 3.63) is 34.9 Å². The molecule has 204 valence electrons. The van der Waals surface area contributed by atoms with Crippen LogP contribution < -0.4 is 10.6 Å². The van der Waals surface area contributed by atoms with Gasteiger partial charge in [0.1, 0.15) is 5.78 Å². The van der Waals surface area contributed by atoms with Crippen LogP contribution in [0, 0.1) is 11.8 Å². The number of piperidine rings is 1. The fraction of sp³-hybridized carbons (Fsp3) is 0.759. The molecule has 1 aliphatic carbocycles. The molecule has 6 nitrogen and oxygen atoms in total. The minimum absolute atomic E-state index is 0.0282. The zero-order valence-electron chi connectivity index (χ0n) is 22.4. The molecule has 1 saturated heterocycles. The van der Waals surface area contributed by atoms with Crippen molar-refractivity contribution in [3.8, 4) is 0 Å². The molecular weight excluding hydrogens is 474 g/mol. The van der Waals surface area contributed by atoms with E-state index in [9.17, 15) is 15.0 Å². The van der Waals surface area contributed by atoms with E-state index in [1.807, 2.05) is 31.3 Å². The minimum Gasteiger partial charge on any atom is -0.385 e. The van der Waals surface area contributed by atoms with Crippen LogP contribution in [0.5, 0.6) is 0 Å². The van der Waals surface area contributed by atoms with Crippen molar-refractivity contribution in [2.75, 3.05) is 26.7 Å². The number of benzene rings is 1. The van der Waals surface area contributed by atoms with Crippen molar-refractivity contribution in [1.82, 2.24) is 15.5 Å². The molecule has 2 fully saturated rings. The third-order valence-corrected chi connectivity index (χ3v) is 8.55. The number of carbonyl (C=O) groups excluding carboxylic acids is 1. The van der Waals surface area contributed by atoms with Gasteiger partial charge >= 0.3 is 0 Å². The highest BCUT2D eigenvalue weighted by molar-refractivity contribution is 6.30. The van der Waals surface area contributed by atoms with Gasteiger partial charge in [-0.25, -0.2) is 0 Å². The van der Waals surface area contributed by atoms with E-state index in [2.05, 4.69) is 15.5 Å². The number of aliphatic hydroxyl groups excluding tert-OH is 1. The quantitative estimate of drug-likeness (QED) is 0.208. The molecule has 1 aliphatic heterocycles. The molecule has 1 unspecified atom stereocenters. The number of hydrogen-bond donors (Lipinski definition) is 4. The first-order valence-corrected chi connectivity index (χ1v) is 14.5. The van der Waals surface area contributed by atoms with E-state index in [4.69, 9.17) is 11.6 Å². The van der Waals surface area contributed by atoms with Crippen LogP contribution in [0.2, 0.25) is 5.02 Å². The van der Waals surface area contributed by atoms with Crippen molar-refractivity contribution in [2.24, 2.45) is 11.8 Å². The largest absolute Gasteiger partial charge is 0.385 e. The molecule has 1 aromatic carbocycles. The lowest BCUT2D eigenvalue weighted by atomic mass is 9.74. The maximum atomic E-state index is 12.1. The summed E-state index contributed by atoms with van der Waals surface area (Å²) >= 11 is 6.32. The van der Waals surface area contributed by atoms with Crippen LogP contribution in [-0.2, 0) is 10.4 Å². The smallest absolute Gasteiger partial charge is 0.163 e. The number of nitrogens with zero attached hydrogens (tertiary/aromatic N) is 1. The highest BCUT2D eigenvalue weighted by Crippen LogP contribution is 2.40. The third kappa shape index (κ3) is 8.78. The van der Waals surface area contributed by atoms with Crippen molar-refractivity contribution < 1.29 is 15.0 Å². The summed E-state index contributed by atoms with van der Waals surface area (Å²) in [5, 5.41) is 30.7. The van der Waals surface area contributed by atoms with Gasteiger partial charge in [-0.2, -0.15) is 0 Å². The van der Waals surface area contributed by atoms with E-state index < -0.39 is 12.0 Å². The highest BCUT2D eigenvalue weighted by atomic mass is 35.5. The molecule has 1 heterocycles. The average molecular weight is 522 g/mol. The Morgan fingerprint density at radius 3 is 2.67 bits per heavy atom. The lowest BCUT2D eigenvalue weighted by Crippen LogP contribution is -2.57. The lowest BCUT2D eigenvalue weighted by Gasteiger charge is -2.45. The van der Waals surface area contributed by atoms with Gasteiger partial charge in [0.25, 0.3) is 0 Å². The van der Waals surface area contributed by atoms with Gasteiger partial charge in [-0.15, -0.1) is 0 Å². The fourth-order valence-corrected chi connectivity index (χ4v) is 6.52. The number of likely N-dealkylation sites (N-methyl/N-ethyl adjacent to an activating group) is 1. The van der Waals surface area contributed by atoms with Gasteiger partial charge in [0.05, 0.1) is 5.60 Å². The van der Waals surface area contributed by atoms with Crippen molar-refractivity contribution >= 4 is 17.4 Å². The molecule has 36 heavy (non-hydrogen) atoms. The van der Waals surface area contributed by atoms with Gasteiger partial charge in [0, 0.05) is 43.0 Å². The molecule has 0 amide bonds. The second-order valence-electron chi connectivity index (χ2n) is 11.2. The molecule has 2 aliphatic rings. The number of halogens is 1. The normalized spacial score (nSPS) is 23.2. The summed E-state index contributed by atoms with van der Waals surface area (Å²) in [4.78, 5) is 13.5. The zero-order valence-corrected chi connectivity index (χ0v) is 23.1. The molecule has 3 rings (SSSR count). The molecule has 1 saturated carbocycles. The summed E-state index contributed by atoms with van der Waals surface area (Å²) in [5.74, 6) is 0.886. The second-order valence-corrected chi connectivity index (χ2v) is 11.6. The predicted octanol–water partition coefficient (Wildman–Crippen LogP) is 4.81. The summed E-state index contributed by atoms with van der Waals surface area (Å²) in [7, 11) is 1.97. The Morgan fingerprint density at radius 2 is 1.97 bits per heavy atom. The summed E-state index contributed by atoms with van der Waals surface area (Å²) in [5.41, 5.74) is -0.218. The van der Waals surface area contributed by atoms with Crippen LogP contribution in [-0.4, -0.2) is 60.0 Å². The van der Waals surface area contributed by atoms with Crippen LogP contribution in [0.3, 0.4) is 0 Å². The number of rotatable bonds is 14. The van der Waals surface area contributed by atoms with Gasteiger partial charge in [-0.3, -0.25) is 10.2 Å². The van der Waals surface area contributed by atoms with Crippen molar-refractivity contribution in [2.45, 2.75) is 102 Å². The SMILES string of the molecule is CNC[C@H](CC1CCCCC1)NC(O)N1CCC[C@@H]([C@@](O)(CCCCC(C)=O)c2cccc(Cl)c2)C1. The first-order chi connectivity index (χ1) is 17.3. The van der Waals surface area contributed by atoms with Crippen LogP contribution in [0.1, 0.15) is 89.5 Å². The number of Topliss-reactive ketones (excluding diaryl/α,β-unsaturated/α-hetero) is 1. The van der Waals surface area contributed by atoms with Gasteiger partial charge in [-0.05, 0) is 76.1 Å². The summed E-state index contributed by atoms with van der Waals surface area (Å²) < 4.78 is 0. The van der Waals surface area contributed by atoms with Crippen LogP contribution >= 0.6 is 11.6 Å². The van der Waals surface area contributed by atoms with E-state index in [1.165, 1.54) is 32.1 Å². The summed E-state index contributed by atoms with van der Waals surface area (Å²) in [6, 6.07) is 7.76. The zero-order chi connectivity index (χ0) is 26.0. The Kier molecular flexibility index (Phi) is 12.1. The second kappa shape index (κ2) is 14.8. The number of nitrogens with one attached hydrogen (secondary N) is 2. The molecule has 7 heteroatoms. The predicted molar refractivity (Wildman–Crippen MR) is 147 cm³/mol. The molecule has 0 aromatic heterocycles. The number of aliphatic hydroxyl groups is 2. The van der Waals surface area contributed by atoms with E-state index in [-0.39, 0.29) is 17.7 Å². The van der Waals surface area contributed by atoms with Gasteiger partial charge in [0.2, 0.25) is 0 Å². The Hall–Kier alpha value is -1.02. The van der Waals surface area contributed by atoms with Crippen molar-refractivity contribution in [3.63, 3.8) is 0 Å². The standard InChI is InChI=1S/C29H48ClN3O3/c1-22(34)10-6-7-16-29(36,24-13-8-15-26(30)19-24)25-14-9-17-33(21-25)28(35)32-27(20-31-2)18-23-11-4-3-5-12-23/h8,13,15,19,23,25,27-28,31-32,35-36H,3-7,9-12,14,16-18,20-21H2,1-2H3/t25-,27+,28?,29-/m1/s1. The molecule has 0 bridgehead atoms. The maximum Gasteiger partial charge on any atom is 0.163 e. The molecular formula is C29H48ClN3O3. The topological polar surface area (TPSA) is 84.8 Å².